The molecule has 6 heteroatoms. The molecule has 0 radical (unpaired) electrons. The van der Waals surface area contributed by atoms with Crippen molar-refractivity contribution >= 4 is 10.1 Å². The summed E-state index contributed by atoms with van der Waals surface area (Å²) in [6.45, 7) is 5.56. The normalized spacial score (nSPS) is 11.2. The van der Waals surface area contributed by atoms with Gasteiger partial charge in [0.25, 0.3) is 0 Å². The van der Waals surface area contributed by atoms with Crippen LogP contribution < -0.4 is 13.7 Å². The number of benzene rings is 2. The number of hydrogen-bond donors (Lipinski definition) is 0. The Morgan fingerprint density at radius 2 is 1.10 bits per heavy atom. The third kappa shape index (κ3) is 8.36. The van der Waals surface area contributed by atoms with Crippen molar-refractivity contribution < 1.29 is 22.1 Å². The molecule has 0 spiro atoms. The minimum atomic E-state index is -3.89. The van der Waals surface area contributed by atoms with Crippen molar-refractivity contribution in [3.8, 4) is 17.2 Å². The van der Waals surface area contributed by atoms with E-state index in [0.717, 1.165) is 25.7 Å². The second-order valence-corrected chi connectivity index (χ2v) is 8.49. The Labute approximate surface area is 175 Å². The van der Waals surface area contributed by atoms with E-state index in [1.165, 1.54) is 31.4 Å². The van der Waals surface area contributed by atoms with Crippen LogP contribution in [0.2, 0.25) is 0 Å². The van der Waals surface area contributed by atoms with Gasteiger partial charge in [0, 0.05) is 0 Å². The van der Waals surface area contributed by atoms with Gasteiger partial charge in [-0.1, -0.05) is 46.0 Å². The molecule has 5 nitrogen and oxygen atoms in total. The SMILES string of the molecule is CCCCCCCOc1ccc(OS(=O)(=O)c2ccc(OCCCC)cc2)cc1. The first-order valence-electron chi connectivity index (χ1n) is 10.5. The Morgan fingerprint density at radius 3 is 1.69 bits per heavy atom. The highest BCUT2D eigenvalue weighted by molar-refractivity contribution is 7.87. The van der Waals surface area contributed by atoms with Crippen molar-refractivity contribution in [1.29, 1.82) is 0 Å². The summed E-state index contributed by atoms with van der Waals surface area (Å²) >= 11 is 0. The van der Waals surface area contributed by atoms with E-state index in [9.17, 15) is 8.42 Å². The fourth-order valence-corrected chi connectivity index (χ4v) is 3.63. The van der Waals surface area contributed by atoms with Crippen molar-refractivity contribution in [2.75, 3.05) is 13.2 Å². The topological polar surface area (TPSA) is 61.8 Å². The zero-order chi connectivity index (χ0) is 21.0. The Kier molecular flexibility index (Phi) is 9.84. The van der Waals surface area contributed by atoms with Gasteiger partial charge in [0.1, 0.15) is 22.1 Å². The molecule has 0 amide bonds. The molecule has 0 unspecified atom stereocenters. The van der Waals surface area contributed by atoms with E-state index >= 15 is 0 Å². The highest BCUT2D eigenvalue weighted by Gasteiger charge is 2.16. The number of rotatable bonds is 14. The zero-order valence-corrected chi connectivity index (χ0v) is 18.2. The third-order valence-corrected chi connectivity index (χ3v) is 5.69. The summed E-state index contributed by atoms with van der Waals surface area (Å²) in [6, 6.07) is 12.9. The summed E-state index contributed by atoms with van der Waals surface area (Å²) in [7, 11) is -3.89. The van der Waals surface area contributed by atoms with Crippen LogP contribution in [0, 0.1) is 0 Å². The maximum absolute atomic E-state index is 12.5. The van der Waals surface area contributed by atoms with E-state index in [1.54, 1.807) is 36.4 Å². The highest BCUT2D eigenvalue weighted by Crippen LogP contribution is 2.23. The quantitative estimate of drug-likeness (QED) is 0.278. The van der Waals surface area contributed by atoms with E-state index in [2.05, 4.69) is 13.8 Å². The minimum absolute atomic E-state index is 0.0905. The van der Waals surface area contributed by atoms with E-state index in [-0.39, 0.29) is 10.6 Å². The van der Waals surface area contributed by atoms with Crippen LogP contribution in [0.1, 0.15) is 58.8 Å². The molecule has 2 aromatic rings. The van der Waals surface area contributed by atoms with Gasteiger partial charge in [-0.25, -0.2) is 0 Å². The number of unbranched alkanes of at least 4 members (excludes halogenated alkanes) is 5. The van der Waals surface area contributed by atoms with Crippen LogP contribution in [0.25, 0.3) is 0 Å². The monoisotopic (exact) mass is 420 g/mol. The lowest BCUT2D eigenvalue weighted by Gasteiger charge is -2.10. The molecule has 0 saturated heterocycles. The van der Waals surface area contributed by atoms with Crippen LogP contribution in [-0.4, -0.2) is 21.6 Å². The maximum atomic E-state index is 12.5. The van der Waals surface area contributed by atoms with Gasteiger partial charge in [-0.2, -0.15) is 8.42 Å². The third-order valence-electron chi connectivity index (χ3n) is 4.43. The average molecular weight is 421 g/mol. The molecule has 0 aliphatic rings. The van der Waals surface area contributed by atoms with Gasteiger partial charge in [-0.05, 0) is 61.4 Å². The van der Waals surface area contributed by atoms with Crippen LogP contribution in [0.4, 0.5) is 0 Å². The Bertz CT molecular complexity index is 798. The lowest BCUT2D eigenvalue weighted by molar-refractivity contribution is 0.304. The molecule has 0 atom stereocenters. The van der Waals surface area contributed by atoms with Gasteiger partial charge in [0.15, 0.2) is 0 Å². The van der Waals surface area contributed by atoms with Crippen molar-refractivity contribution in [2.45, 2.75) is 63.7 Å². The van der Waals surface area contributed by atoms with Gasteiger partial charge >= 0.3 is 10.1 Å². The molecule has 0 N–H and O–H groups in total. The summed E-state index contributed by atoms with van der Waals surface area (Å²) in [5.74, 6) is 1.61. The molecule has 0 bridgehead atoms. The van der Waals surface area contributed by atoms with Gasteiger partial charge in [-0.3, -0.25) is 0 Å². The van der Waals surface area contributed by atoms with Crippen molar-refractivity contribution in [3.05, 3.63) is 48.5 Å². The molecule has 0 aromatic heterocycles. The first-order valence-corrected chi connectivity index (χ1v) is 11.9. The largest absolute Gasteiger partial charge is 0.494 e. The summed E-state index contributed by atoms with van der Waals surface area (Å²) in [5, 5.41) is 0. The summed E-state index contributed by atoms with van der Waals surface area (Å²) in [5.41, 5.74) is 0. The van der Waals surface area contributed by atoms with Crippen molar-refractivity contribution in [2.24, 2.45) is 0 Å². The second kappa shape index (κ2) is 12.4. The molecule has 2 rings (SSSR count). The number of hydrogen-bond acceptors (Lipinski definition) is 5. The number of ether oxygens (including phenoxy) is 2. The predicted molar refractivity (Wildman–Crippen MR) is 115 cm³/mol. The summed E-state index contributed by atoms with van der Waals surface area (Å²) in [6.07, 6.45) is 7.90. The van der Waals surface area contributed by atoms with Crippen LogP contribution >= 0.6 is 0 Å². The van der Waals surface area contributed by atoms with Gasteiger partial charge in [0.2, 0.25) is 0 Å². The minimum Gasteiger partial charge on any atom is -0.494 e. The van der Waals surface area contributed by atoms with Crippen LogP contribution in [0.3, 0.4) is 0 Å². The fraction of sp³-hybridized carbons (Fsp3) is 0.478. The van der Waals surface area contributed by atoms with Gasteiger partial charge in [0.05, 0.1) is 13.2 Å². The molecule has 0 heterocycles. The second-order valence-electron chi connectivity index (χ2n) is 6.94. The van der Waals surface area contributed by atoms with Crippen molar-refractivity contribution in [1.82, 2.24) is 0 Å². The molecule has 160 valence electrons. The van der Waals surface area contributed by atoms with Gasteiger partial charge in [-0.15, -0.1) is 0 Å². The summed E-state index contributed by atoms with van der Waals surface area (Å²) < 4.78 is 41.4. The first kappa shape index (κ1) is 23.1. The van der Waals surface area contributed by atoms with Crippen molar-refractivity contribution in [3.63, 3.8) is 0 Å². The lowest BCUT2D eigenvalue weighted by Crippen LogP contribution is -2.09. The molecule has 0 aliphatic carbocycles. The van der Waals surface area contributed by atoms with E-state index in [4.69, 9.17) is 13.7 Å². The summed E-state index contributed by atoms with van der Waals surface area (Å²) in [4.78, 5) is 0.0905. The molecular weight excluding hydrogens is 388 g/mol. The molecule has 0 fully saturated rings. The van der Waals surface area contributed by atoms with Crippen LogP contribution in [0.15, 0.2) is 53.4 Å². The smallest absolute Gasteiger partial charge is 0.339 e. The molecular formula is C23H32O5S. The Morgan fingerprint density at radius 1 is 0.621 bits per heavy atom. The molecule has 0 saturated carbocycles. The fourth-order valence-electron chi connectivity index (χ4n) is 2.70. The highest BCUT2D eigenvalue weighted by atomic mass is 32.2. The Hall–Kier alpha value is -2.21. The molecule has 29 heavy (non-hydrogen) atoms. The van der Waals surface area contributed by atoms with Gasteiger partial charge < -0.3 is 13.7 Å². The van der Waals surface area contributed by atoms with E-state index < -0.39 is 10.1 Å². The zero-order valence-electron chi connectivity index (χ0n) is 17.4. The van der Waals surface area contributed by atoms with Crippen LogP contribution in [-0.2, 0) is 10.1 Å². The lowest BCUT2D eigenvalue weighted by atomic mass is 10.2. The molecule has 2 aromatic carbocycles. The Balaban J connectivity index is 1.84. The standard InChI is InChI=1S/C23H32O5S/c1-3-5-7-8-9-19-27-20-10-12-22(13-11-20)28-29(24,25)23-16-14-21(15-17-23)26-18-6-4-2/h10-17H,3-9,18-19H2,1-2H3. The maximum Gasteiger partial charge on any atom is 0.339 e. The predicted octanol–water partition coefficient (Wildman–Crippen LogP) is 5.98. The van der Waals surface area contributed by atoms with Crippen LogP contribution in [0.5, 0.6) is 17.2 Å². The first-order chi connectivity index (χ1) is 14.0. The van der Waals surface area contributed by atoms with E-state index in [1.807, 2.05) is 0 Å². The van der Waals surface area contributed by atoms with E-state index in [0.29, 0.717) is 24.7 Å². The average Bonchev–Trinajstić information content (AvgIpc) is 2.72. The molecule has 0 aliphatic heterocycles.